The highest BCUT2D eigenvalue weighted by molar-refractivity contribution is 7.98. The van der Waals surface area contributed by atoms with Crippen LogP contribution in [0, 0.1) is 0 Å². The first-order valence-corrected chi connectivity index (χ1v) is 11.2. The fraction of sp³-hybridized carbons (Fsp3) is 0.227. The molecule has 0 N–H and O–H groups in total. The minimum Gasteiger partial charge on any atom is -0.465 e. The smallest absolute Gasteiger partial charge is 0.337 e. The number of ether oxygens (including phenoxy) is 1. The van der Waals surface area contributed by atoms with Gasteiger partial charge in [0.1, 0.15) is 0 Å². The van der Waals surface area contributed by atoms with Gasteiger partial charge in [-0.2, -0.15) is 4.98 Å². The number of halogens is 1. The van der Waals surface area contributed by atoms with Gasteiger partial charge in [0.15, 0.2) is 11.0 Å². The molecular weight excluding hydrogens is 452 g/mol. The summed E-state index contributed by atoms with van der Waals surface area (Å²) in [7, 11) is 1.30. The van der Waals surface area contributed by atoms with Crippen molar-refractivity contribution in [1.82, 2.24) is 19.7 Å². The van der Waals surface area contributed by atoms with Crippen molar-refractivity contribution in [3.8, 4) is 0 Å². The number of thioether (sulfide) groups is 1. The number of nitrogens with zero attached hydrogens (tertiary/aromatic N) is 4. The summed E-state index contributed by atoms with van der Waals surface area (Å²) in [4.78, 5) is 34.3. The molecular formula is C22H19ClN4O4S. The number of hydrogen-bond donors (Lipinski definition) is 0. The molecule has 2 heterocycles. The van der Waals surface area contributed by atoms with Crippen molar-refractivity contribution in [1.29, 1.82) is 0 Å². The van der Waals surface area contributed by atoms with Crippen LogP contribution in [-0.2, 0) is 23.5 Å². The molecule has 0 aliphatic rings. The van der Waals surface area contributed by atoms with Crippen LogP contribution in [0.1, 0.15) is 34.6 Å². The number of carbonyl (C=O) groups excluding carboxylic acids is 1. The largest absolute Gasteiger partial charge is 0.465 e. The van der Waals surface area contributed by atoms with E-state index in [2.05, 4.69) is 15.1 Å². The van der Waals surface area contributed by atoms with Gasteiger partial charge in [0.05, 0.1) is 35.9 Å². The van der Waals surface area contributed by atoms with Gasteiger partial charge in [0.25, 0.3) is 5.56 Å². The van der Waals surface area contributed by atoms with Gasteiger partial charge in [-0.3, -0.25) is 9.36 Å². The number of aromatic nitrogens is 4. The summed E-state index contributed by atoms with van der Waals surface area (Å²) in [6.45, 7) is 2.17. The minimum absolute atomic E-state index is 0.240. The van der Waals surface area contributed by atoms with E-state index in [0.717, 1.165) is 5.56 Å². The van der Waals surface area contributed by atoms with Crippen LogP contribution in [0.5, 0.6) is 0 Å². The van der Waals surface area contributed by atoms with Gasteiger partial charge in [-0.05, 0) is 29.8 Å². The normalized spacial score (nSPS) is 11.1. The molecule has 0 bridgehead atoms. The van der Waals surface area contributed by atoms with E-state index in [-0.39, 0.29) is 12.1 Å². The lowest BCUT2D eigenvalue weighted by Gasteiger charge is -2.14. The molecule has 0 amide bonds. The standard InChI is InChI=1S/C22H19ClN4O4S/c1-3-19-25-18(26-31-19)12-32-22-24-17-10-13(21(29)30-2)8-9-15(17)20(28)27(22)11-14-6-4-5-7-16(14)23/h4-10H,3,11-12H2,1-2H3. The van der Waals surface area contributed by atoms with Crippen LogP contribution in [0.3, 0.4) is 0 Å². The molecule has 0 saturated heterocycles. The van der Waals surface area contributed by atoms with Crippen molar-refractivity contribution in [2.45, 2.75) is 30.8 Å². The molecule has 4 aromatic rings. The van der Waals surface area contributed by atoms with Gasteiger partial charge in [0, 0.05) is 11.4 Å². The van der Waals surface area contributed by atoms with Crippen LogP contribution in [0.15, 0.2) is 56.9 Å². The number of rotatable bonds is 7. The Bertz CT molecular complexity index is 1350. The Kier molecular flexibility index (Phi) is 6.57. The molecule has 2 aromatic heterocycles. The number of benzene rings is 2. The summed E-state index contributed by atoms with van der Waals surface area (Å²) in [6.07, 6.45) is 0.638. The number of fused-ring (bicyclic) bond motifs is 1. The van der Waals surface area contributed by atoms with E-state index >= 15 is 0 Å². The predicted octanol–water partition coefficient (Wildman–Crippen LogP) is 4.12. The zero-order valence-corrected chi connectivity index (χ0v) is 18.9. The van der Waals surface area contributed by atoms with Gasteiger partial charge >= 0.3 is 5.97 Å². The number of hydrogen-bond acceptors (Lipinski definition) is 8. The molecule has 0 aliphatic carbocycles. The number of esters is 1. The molecule has 32 heavy (non-hydrogen) atoms. The van der Waals surface area contributed by atoms with E-state index in [0.29, 0.717) is 50.5 Å². The molecule has 0 atom stereocenters. The molecule has 0 spiro atoms. The molecule has 10 heteroatoms. The second-order valence-electron chi connectivity index (χ2n) is 6.85. The molecule has 8 nitrogen and oxygen atoms in total. The van der Waals surface area contributed by atoms with Crippen LogP contribution in [0.4, 0.5) is 0 Å². The lowest BCUT2D eigenvalue weighted by molar-refractivity contribution is 0.0601. The summed E-state index contributed by atoms with van der Waals surface area (Å²) >= 11 is 7.64. The second kappa shape index (κ2) is 9.54. The maximum Gasteiger partial charge on any atom is 0.337 e. The minimum atomic E-state index is -0.498. The summed E-state index contributed by atoms with van der Waals surface area (Å²) in [5.74, 6) is 0.916. The molecule has 2 aromatic carbocycles. The maximum atomic E-state index is 13.4. The SMILES string of the molecule is CCc1nc(CSc2nc3cc(C(=O)OC)ccc3c(=O)n2Cc2ccccc2Cl)no1. The van der Waals surface area contributed by atoms with Gasteiger partial charge < -0.3 is 9.26 Å². The van der Waals surface area contributed by atoms with Crippen molar-refractivity contribution in [2.24, 2.45) is 0 Å². The Morgan fingerprint density at radius 2 is 2.03 bits per heavy atom. The van der Waals surface area contributed by atoms with Crippen molar-refractivity contribution < 1.29 is 14.1 Å². The Hall–Kier alpha value is -3.17. The average Bonchev–Trinajstić information content (AvgIpc) is 3.28. The zero-order valence-electron chi connectivity index (χ0n) is 17.4. The van der Waals surface area contributed by atoms with Gasteiger partial charge in [-0.15, -0.1) is 0 Å². The third kappa shape index (κ3) is 4.53. The van der Waals surface area contributed by atoms with E-state index in [1.165, 1.54) is 18.9 Å². The summed E-state index contributed by atoms with van der Waals surface area (Å²) < 4.78 is 11.5. The first-order valence-electron chi connectivity index (χ1n) is 9.80. The van der Waals surface area contributed by atoms with Crippen LogP contribution in [-0.4, -0.2) is 32.8 Å². The predicted molar refractivity (Wildman–Crippen MR) is 121 cm³/mol. The summed E-state index contributed by atoms with van der Waals surface area (Å²) in [6, 6.07) is 12.0. The lowest BCUT2D eigenvalue weighted by Crippen LogP contribution is -2.24. The van der Waals surface area contributed by atoms with E-state index in [9.17, 15) is 9.59 Å². The Balaban J connectivity index is 1.79. The Morgan fingerprint density at radius 3 is 2.75 bits per heavy atom. The van der Waals surface area contributed by atoms with Crippen LogP contribution >= 0.6 is 23.4 Å². The van der Waals surface area contributed by atoms with Crippen LogP contribution in [0.2, 0.25) is 5.02 Å². The van der Waals surface area contributed by atoms with E-state index in [4.69, 9.17) is 20.9 Å². The number of methoxy groups -OCH3 is 1. The van der Waals surface area contributed by atoms with Gasteiger partial charge in [-0.25, -0.2) is 9.78 Å². The zero-order chi connectivity index (χ0) is 22.7. The highest BCUT2D eigenvalue weighted by atomic mass is 35.5. The van der Waals surface area contributed by atoms with Crippen molar-refractivity contribution in [3.05, 3.63) is 80.7 Å². The molecule has 164 valence electrons. The monoisotopic (exact) mass is 470 g/mol. The summed E-state index contributed by atoms with van der Waals surface area (Å²) in [5, 5.41) is 5.36. The molecule has 0 aliphatic heterocycles. The molecule has 4 rings (SSSR count). The molecule has 0 unspecified atom stereocenters. The highest BCUT2D eigenvalue weighted by Crippen LogP contribution is 2.24. The van der Waals surface area contributed by atoms with E-state index < -0.39 is 5.97 Å². The quantitative estimate of drug-likeness (QED) is 0.226. The number of carbonyl (C=O) groups is 1. The third-order valence-electron chi connectivity index (χ3n) is 4.77. The van der Waals surface area contributed by atoms with Gasteiger partial charge in [0.2, 0.25) is 5.89 Å². The van der Waals surface area contributed by atoms with Crippen molar-refractivity contribution >= 4 is 40.2 Å². The fourth-order valence-corrected chi connectivity index (χ4v) is 4.15. The Labute approximate surface area is 192 Å². The van der Waals surface area contributed by atoms with E-state index in [1.807, 2.05) is 25.1 Å². The molecule has 0 saturated carbocycles. The second-order valence-corrected chi connectivity index (χ2v) is 8.20. The average molecular weight is 471 g/mol. The van der Waals surface area contributed by atoms with E-state index in [1.54, 1.807) is 28.8 Å². The topological polar surface area (TPSA) is 100 Å². The summed E-state index contributed by atoms with van der Waals surface area (Å²) in [5.41, 5.74) is 1.27. The number of aryl methyl sites for hydroxylation is 1. The third-order valence-corrected chi connectivity index (χ3v) is 6.11. The van der Waals surface area contributed by atoms with Gasteiger partial charge in [-0.1, -0.05) is 53.6 Å². The maximum absolute atomic E-state index is 13.4. The molecule has 0 fully saturated rings. The Morgan fingerprint density at radius 1 is 1.22 bits per heavy atom. The molecule has 0 radical (unpaired) electrons. The van der Waals surface area contributed by atoms with Crippen LogP contribution in [0.25, 0.3) is 10.9 Å². The van der Waals surface area contributed by atoms with Crippen molar-refractivity contribution in [3.63, 3.8) is 0 Å². The highest BCUT2D eigenvalue weighted by Gasteiger charge is 2.17. The first-order chi connectivity index (χ1) is 15.5. The lowest BCUT2D eigenvalue weighted by atomic mass is 10.1. The van der Waals surface area contributed by atoms with Crippen molar-refractivity contribution in [2.75, 3.05) is 7.11 Å². The van der Waals surface area contributed by atoms with Crippen LogP contribution < -0.4 is 5.56 Å². The fourth-order valence-electron chi connectivity index (χ4n) is 3.11. The first kappa shape index (κ1) is 22.0.